The van der Waals surface area contributed by atoms with E-state index >= 15 is 0 Å². The Hall–Kier alpha value is -3.18. The summed E-state index contributed by atoms with van der Waals surface area (Å²) in [5.74, 6) is -0.629. The number of H-pyrrole nitrogens is 1. The predicted octanol–water partition coefficient (Wildman–Crippen LogP) is 5.16. The number of rotatable bonds is 5. The number of aromatic nitrogens is 2. The molecule has 1 aliphatic rings. The Bertz CT molecular complexity index is 1570. The monoisotopic (exact) mass is 545 g/mol. The van der Waals surface area contributed by atoms with Crippen LogP contribution in [0.1, 0.15) is 12.5 Å². The maximum Gasteiger partial charge on any atom is 0.265 e. The van der Waals surface area contributed by atoms with Gasteiger partial charge in [-0.05, 0) is 19.1 Å². The van der Waals surface area contributed by atoms with E-state index in [0.29, 0.717) is 48.1 Å². The van der Waals surface area contributed by atoms with E-state index < -0.39 is 22.5 Å². The van der Waals surface area contributed by atoms with Crippen molar-refractivity contribution in [3.8, 4) is 22.5 Å². The van der Waals surface area contributed by atoms with Crippen molar-refractivity contribution < 1.29 is 13.2 Å². The number of carbonyl (C=O) groups is 1. The van der Waals surface area contributed by atoms with E-state index in [0.717, 1.165) is 4.31 Å². The molecule has 1 amide bonds. The average Bonchev–Trinajstić information content (AvgIpc) is 3.43. The fourth-order valence-electron chi connectivity index (χ4n) is 3.82. The molecule has 0 spiro atoms. The van der Waals surface area contributed by atoms with Crippen LogP contribution in [0.4, 0.5) is 5.69 Å². The van der Waals surface area contributed by atoms with Crippen LogP contribution in [-0.2, 0) is 14.8 Å². The van der Waals surface area contributed by atoms with Crippen molar-refractivity contribution >= 4 is 61.9 Å². The van der Waals surface area contributed by atoms with Crippen LogP contribution in [0.3, 0.4) is 0 Å². The highest BCUT2D eigenvalue weighted by molar-refractivity contribution is 7.93. The lowest BCUT2D eigenvalue weighted by atomic mass is 10.1. The minimum Gasteiger partial charge on any atom is -0.275 e. The molecule has 0 bridgehead atoms. The number of halogens is 2. The first-order valence-electron chi connectivity index (χ1n) is 10.3. The number of anilines is 1. The van der Waals surface area contributed by atoms with Crippen LogP contribution in [0.25, 0.3) is 22.5 Å². The predicted molar refractivity (Wildman–Crippen MR) is 139 cm³/mol. The van der Waals surface area contributed by atoms with Crippen molar-refractivity contribution in [2.45, 2.75) is 11.8 Å². The quantitative estimate of drug-likeness (QED) is 0.266. The largest absolute Gasteiger partial charge is 0.275 e. The fourth-order valence-corrected chi connectivity index (χ4v) is 7.03. The lowest BCUT2D eigenvalue weighted by molar-refractivity contribution is -0.119. The van der Waals surface area contributed by atoms with Crippen LogP contribution in [0.5, 0.6) is 0 Å². The van der Waals surface area contributed by atoms with Crippen molar-refractivity contribution in [1.82, 2.24) is 15.6 Å². The summed E-state index contributed by atoms with van der Waals surface area (Å²) >= 11 is 13.3. The van der Waals surface area contributed by atoms with E-state index in [2.05, 4.69) is 20.7 Å². The van der Waals surface area contributed by atoms with Gasteiger partial charge in [0.1, 0.15) is 22.3 Å². The van der Waals surface area contributed by atoms with Crippen LogP contribution in [0.15, 0.2) is 70.7 Å². The zero-order valence-corrected chi connectivity index (χ0v) is 21.3. The standard InChI is InChI=1S/C23H17Cl2N5O3S2/c1-13(16-11-18(24)34-23(16)25)26-27-19(31)12-30-22-20(14-7-3-2-4-8-14)28-29-21(22)15-9-5-6-10-17(15)35(30,32)33/h2-11H,12H2,1H3,(H,27,31)(H,28,29)/b26-13+. The first-order chi connectivity index (χ1) is 16.8. The summed E-state index contributed by atoms with van der Waals surface area (Å²) < 4.78 is 29.2. The van der Waals surface area contributed by atoms with Crippen LogP contribution in [0.2, 0.25) is 8.67 Å². The van der Waals surface area contributed by atoms with Crippen molar-refractivity contribution in [2.75, 3.05) is 10.8 Å². The Balaban J connectivity index is 1.53. The molecule has 0 fully saturated rings. The molecular formula is C23H17Cl2N5O3S2. The molecule has 2 aromatic heterocycles. The van der Waals surface area contributed by atoms with Gasteiger partial charge in [0.15, 0.2) is 0 Å². The number of aromatic amines is 1. The molecule has 5 rings (SSSR count). The summed E-state index contributed by atoms with van der Waals surface area (Å²) in [4.78, 5) is 13.0. The SMILES string of the molecule is C/C(=N\NC(=O)CN1c2c(-c3ccccc3)n[nH]c2-c2ccccc2S1(=O)=O)c1cc(Cl)sc1Cl. The molecular weight excluding hydrogens is 529 g/mol. The summed E-state index contributed by atoms with van der Waals surface area (Å²) in [5, 5.41) is 11.4. The highest BCUT2D eigenvalue weighted by atomic mass is 35.5. The van der Waals surface area contributed by atoms with Crippen molar-refractivity contribution in [1.29, 1.82) is 0 Å². The molecule has 0 atom stereocenters. The zero-order chi connectivity index (χ0) is 24.7. The van der Waals surface area contributed by atoms with Crippen molar-refractivity contribution in [3.63, 3.8) is 0 Å². The number of amides is 1. The number of thiophene rings is 1. The topological polar surface area (TPSA) is 108 Å². The second-order valence-corrected chi connectivity index (χ2v) is 11.8. The number of sulfonamides is 1. The zero-order valence-electron chi connectivity index (χ0n) is 18.1. The van der Waals surface area contributed by atoms with Gasteiger partial charge >= 0.3 is 0 Å². The number of hydrogen-bond donors (Lipinski definition) is 2. The highest BCUT2D eigenvalue weighted by Crippen LogP contribution is 2.46. The van der Waals surface area contributed by atoms with Crippen LogP contribution in [0, 0.1) is 0 Å². The van der Waals surface area contributed by atoms with Gasteiger partial charge in [-0.1, -0.05) is 71.7 Å². The third-order valence-electron chi connectivity index (χ3n) is 5.44. The van der Waals surface area contributed by atoms with Crippen molar-refractivity contribution in [3.05, 3.63) is 74.9 Å². The Kier molecular flexibility index (Phi) is 6.14. The summed E-state index contributed by atoms with van der Waals surface area (Å²) in [7, 11) is -4.06. The molecule has 2 aromatic carbocycles. The van der Waals surface area contributed by atoms with E-state index in [1.54, 1.807) is 31.2 Å². The van der Waals surface area contributed by atoms with Gasteiger partial charge in [0.05, 0.1) is 20.6 Å². The molecule has 0 aliphatic carbocycles. The number of nitrogens with one attached hydrogen (secondary N) is 2. The van der Waals surface area contributed by atoms with Crippen LogP contribution < -0.4 is 9.73 Å². The summed E-state index contributed by atoms with van der Waals surface area (Å²) in [6, 6.07) is 17.4. The minimum absolute atomic E-state index is 0.0861. The van der Waals surface area contributed by atoms with Gasteiger partial charge in [-0.25, -0.2) is 13.8 Å². The number of hydrazone groups is 1. The van der Waals surface area contributed by atoms with Gasteiger partial charge in [-0.15, -0.1) is 11.3 Å². The van der Waals surface area contributed by atoms with Crippen LogP contribution in [-0.4, -0.2) is 36.8 Å². The molecule has 12 heteroatoms. The van der Waals surface area contributed by atoms with Gasteiger partial charge < -0.3 is 0 Å². The minimum atomic E-state index is -4.06. The molecule has 0 saturated carbocycles. The maximum absolute atomic E-state index is 13.6. The lowest BCUT2D eigenvalue weighted by Crippen LogP contribution is -2.41. The first-order valence-corrected chi connectivity index (χ1v) is 13.3. The van der Waals surface area contributed by atoms with Gasteiger partial charge in [-0.2, -0.15) is 10.2 Å². The average molecular weight is 546 g/mol. The van der Waals surface area contributed by atoms with Gasteiger partial charge in [0, 0.05) is 16.7 Å². The molecule has 2 N–H and O–H groups in total. The van der Waals surface area contributed by atoms with E-state index in [4.69, 9.17) is 23.2 Å². The van der Waals surface area contributed by atoms with E-state index in [1.807, 2.05) is 30.3 Å². The summed E-state index contributed by atoms with van der Waals surface area (Å²) in [6.07, 6.45) is 0. The summed E-state index contributed by atoms with van der Waals surface area (Å²) in [6.45, 7) is 1.16. The fraction of sp³-hybridized carbons (Fsp3) is 0.0870. The van der Waals surface area contributed by atoms with E-state index in [1.165, 1.54) is 17.4 Å². The summed E-state index contributed by atoms with van der Waals surface area (Å²) in [5.41, 5.74) is 5.89. The lowest BCUT2D eigenvalue weighted by Gasteiger charge is -2.29. The van der Waals surface area contributed by atoms with E-state index in [-0.39, 0.29) is 4.90 Å². The Labute approximate surface area is 215 Å². The third kappa shape index (κ3) is 4.23. The molecule has 0 unspecified atom stereocenters. The number of fused-ring (bicyclic) bond motifs is 3. The second kappa shape index (κ2) is 9.12. The normalized spacial score (nSPS) is 14.4. The third-order valence-corrected chi connectivity index (χ3v) is 8.74. The Morgan fingerprint density at radius 1 is 1.14 bits per heavy atom. The molecule has 8 nitrogen and oxygen atoms in total. The molecule has 3 heterocycles. The van der Waals surface area contributed by atoms with E-state index in [9.17, 15) is 13.2 Å². The van der Waals surface area contributed by atoms with Crippen molar-refractivity contribution in [2.24, 2.45) is 5.10 Å². The van der Waals surface area contributed by atoms with Gasteiger partial charge in [0.2, 0.25) is 0 Å². The smallest absolute Gasteiger partial charge is 0.265 e. The molecule has 178 valence electrons. The highest BCUT2D eigenvalue weighted by Gasteiger charge is 2.39. The molecule has 1 aliphatic heterocycles. The molecule has 0 saturated heterocycles. The van der Waals surface area contributed by atoms with Gasteiger partial charge in [-0.3, -0.25) is 14.2 Å². The van der Waals surface area contributed by atoms with Crippen LogP contribution >= 0.6 is 34.5 Å². The molecule has 4 aromatic rings. The Morgan fingerprint density at radius 3 is 2.57 bits per heavy atom. The number of benzene rings is 2. The maximum atomic E-state index is 13.6. The first kappa shape index (κ1) is 23.6. The Morgan fingerprint density at radius 2 is 1.86 bits per heavy atom. The van der Waals surface area contributed by atoms with Gasteiger partial charge in [0.25, 0.3) is 15.9 Å². The second-order valence-electron chi connectivity index (χ2n) is 7.64. The molecule has 35 heavy (non-hydrogen) atoms. The number of carbonyl (C=O) groups excluding carboxylic acids is 1. The number of hydrogen-bond acceptors (Lipinski definition) is 6. The number of nitrogens with zero attached hydrogens (tertiary/aromatic N) is 3. The molecule has 0 radical (unpaired) electrons.